The molecule has 4 heterocycles. The molecular weight excluding hydrogens is 879 g/mol. The van der Waals surface area contributed by atoms with Gasteiger partial charge in [0.15, 0.2) is 5.78 Å². The van der Waals surface area contributed by atoms with E-state index in [1.165, 1.54) is 12.0 Å². The second-order valence-electron chi connectivity index (χ2n) is 20.9. The van der Waals surface area contributed by atoms with Gasteiger partial charge < -0.3 is 44.5 Å². The van der Waals surface area contributed by atoms with Gasteiger partial charge >= 0.3 is 5.97 Å². The molecule has 0 aromatic carbocycles. The maximum atomic E-state index is 14.5. The van der Waals surface area contributed by atoms with Crippen molar-refractivity contribution in [2.75, 3.05) is 26.1 Å². The van der Waals surface area contributed by atoms with Crippen LogP contribution in [0.4, 0.5) is 5.82 Å². The average molecular weight is 962 g/mol. The summed E-state index contributed by atoms with van der Waals surface area (Å²) in [6.45, 7) is 13.6. The molecule has 69 heavy (non-hydrogen) atoms. The van der Waals surface area contributed by atoms with Gasteiger partial charge in [0.2, 0.25) is 5.79 Å². The Hall–Kier alpha value is -4.05. The SMILES string of the molecule is CO[C@@H]1CC(C[C@@H](C)[C@@H]2CC[C@H](C)/C=C(\C)[C@@H](O)[C@@H](OC)C(=O)[C@H](C)C[C@H](C)/C=C/C=C/C=C(\C)[C@@H](Nc3ccccn3)CC3CC[C@@H](C)[C@@](O)(O3)C(=O)C(=O)N3CCCCC3C(=O)O2)CC[C@H]1O. The molecule has 0 radical (unpaired) electrons. The monoisotopic (exact) mass is 962 g/mol. The Labute approximate surface area is 411 Å². The molecule has 0 spiro atoms. The van der Waals surface area contributed by atoms with Crippen molar-refractivity contribution in [2.24, 2.45) is 35.5 Å². The summed E-state index contributed by atoms with van der Waals surface area (Å²) >= 11 is 0. The molecule has 3 aliphatic heterocycles. The van der Waals surface area contributed by atoms with E-state index in [0.717, 1.165) is 18.4 Å². The van der Waals surface area contributed by atoms with Gasteiger partial charge in [-0.05, 0) is 139 Å². The van der Waals surface area contributed by atoms with Crippen molar-refractivity contribution in [1.29, 1.82) is 0 Å². The van der Waals surface area contributed by atoms with E-state index in [0.29, 0.717) is 82.0 Å². The van der Waals surface area contributed by atoms with Crippen LogP contribution in [-0.2, 0) is 38.1 Å². The summed E-state index contributed by atoms with van der Waals surface area (Å²) in [4.78, 5) is 62.9. The van der Waals surface area contributed by atoms with E-state index in [1.54, 1.807) is 27.2 Å². The zero-order valence-corrected chi connectivity index (χ0v) is 42.8. The average Bonchev–Trinajstić information content (AvgIpc) is 3.33. The van der Waals surface area contributed by atoms with Gasteiger partial charge in [0.05, 0.1) is 24.4 Å². The molecule has 3 fully saturated rings. The molecule has 4 N–H and O–H groups in total. The molecule has 5 rings (SSSR count). The number of nitrogens with zero attached hydrogens (tertiary/aromatic N) is 2. The van der Waals surface area contributed by atoms with Crippen LogP contribution in [0.3, 0.4) is 0 Å². The summed E-state index contributed by atoms with van der Waals surface area (Å²) in [5.74, 6) is -5.57. The maximum Gasteiger partial charge on any atom is 0.329 e. The summed E-state index contributed by atoms with van der Waals surface area (Å²) in [7, 11) is 3.05. The number of pyridine rings is 1. The maximum absolute atomic E-state index is 14.5. The van der Waals surface area contributed by atoms with Gasteiger partial charge in [-0.2, -0.15) is 0 Å². The third-order valence-corrected chi connectivity index (χ3v) is 15.3. The highest BCUT2D eigenvalue weighted by Gasteiger charge is 2.53. The number of amides is 1. The lowest BCUT2D eigenvalue weighted by atomic mass is 9.78. The number of aliphatic hydroxyl groups excluding tert-OH is 2. The number of ketones is 2. The lowest BCUT2D eigenvalue weighted by Gasteiger charge is -2.43. The van der Waals surface area contributed by atoms with Gasteiger partial charge in [0.1, 0.15) is 30.2 Å². The van der Waals surface area contributed by atoms with E-state index in [2.05, 4.69) is 17.2 Å². The number of anilines is 1. The summed E-state index contributed by atoms with van der Waals surface area (Å²) < 4.78 is 24.1. The molecule has 1 aromatic heterocycles. The third kappa shape index (κ3) is 15.2. The fraction of sp³-hybridized carbons (Fsp3) is 0.691. The number of fused-ring (bicyclic) bond motifs is 3. The summed E-state index contributed by atoms with van der Waals surface area (Å²) in [6, 6.07) is 4.21. The summed E-state index contributed by atoms with van der Waals surface area (Å²) in [5, 5.41) is 37.7. The van der Waals surface area contributed by atoms with E-state index in [9.17, 15) is 34.5 Å². The number of methoxy groups -OCH3 is 2. The van der Waals surface area contributed by atoms with Gasteiger partial charge in [0.25, 0.3) is 11.7 Å². The number of hydrogen-bond donors (Lipinski definition) is 4. The van der Waals surface area contributed by atoms with Crippen molar-refractivity contribution >= 4 is 29.3 Å². The van der Waals surface area contributed by atoms with Crippen molar-refractivity contribution in [3.63, 3.8) is 0 Å². The number of hydrogen-bond acceptors (Lipinski definition) is 13. The van der Waals surface area contributed by atoms with Gasteiger partial charge in [-0.1, -0.05) is 82.7 Å². The van der Waals surface area contributed by atoms with Gasteiger partial charge in [0, 0.05) is 38.8 Å². The normalized spacial score (nSPS) is 38.6. The van der Waals surface area contributed by atoms with Crippen LogP contribution in [0.1, 0.15) is 132 Å². The summed E-state index contributed by atoms with van der Waals surface area (Å²) in [5.41, 5.74) is 1.55. The fourth-order valence-corrected chi connectivity index (χ4v) is 10.9. The Bertz CT molecular complexity index is 1970. The van der Waals surface area contributed by atoms with Crippen LogP contribution in [0, 0.1) is 35.5 Å². The third-order valence-electron chi connectivity index (χ3n) is 15.3. The van der Waals surface area contributed by atoms with E-state index in [4.69, 9.17) is 18.9 Å². The predicted molar refractivity (Wildman–Crippen MR) is 266 cm³/mol. The number of esters is 1. The minimum Gasteiger partial charge on any atom is -0.461 e. The van der Waals surface area contributed by atoms with Crippen molar-refractivity contribution in [2.45, 2.75) is 186 Å². The van der Waals surface area contributed by atoms with E-state index < -0.39 is 65.9 Å². The molecule has 384 valence electrons. The molecule has 4 aliphatic rings. The Morgan fingerprint density at radius 1 is 0.870 bits per heavy atom. The smallest absolute Gasteiger partial charge is 0.329 e. The number of piperidine rings is 1. The largest absolute Gasteiger partial charge is 0.461 e. The first-order valence-corrected chi connectivity index (χ1v) is 25.7. The number of aromatic nitrogens is 1. The van der Waals surface area contributed by atoms with Crippen LogP contribution in [0.25, 0.3) is 0 Å². The number of carbonyl (C=O) groups excluding carboxylic acids is 4. The number of rotatable bonds is 7. The van der Waals surface area contributed by atoms with Crippen LogP contribution in [0.5, 0.6) is 0 Å². The van der Waals surface area contributed by atoms with Gasteiger partial charge in [-0.25, -0.2) is 9.78 Å². The number of nitrogens with one attached hydrogen (secondary N) is 1. The second-order valence-corrected chi connectivity index (χ2v) is 20.9. The molecule has 2 bridgehead atoms. The molecule has 15 atom stereocenters. The number of carbonyl (C=O) groups is 4. The number of aliphatic hydroxyl groups is 3. The van der Waals surface area contributed by atoms with Crippen LogP contribution in [-0.4, -0.2) is 124 Å². The molecule has 1 aromatic rings. The Morgan fingerprint density at radius 3 is 2.35 bits per heavy atom. The van der Waals surface area contributed by atoms with Crippen molar-refractivity contribution in [3.8, 4) is 0 Å². The van der Waals surface area contributed by atoms with Gasteiger partial charge in [-0.3, -0.25) is 14.4 Å². The standard InChI is InChI=1S/C55H83N3O11/c1-34-17-11-10-12-18-36(3)43(57-48-20-13-15-27-56-48)33-42-24-22-40(7)55(65,69-42)52(62)53(63)58-28-16-14-19-44(58)54(64)68-46(37(4)31-41-23-25-45(59)47(32-41)66-8)26-21-35(2)30-39(6)50(61)51(67-9)49(60)38(5)29-34/h10-13,15,17-18,20,27,30,34-35,37-38,40-47,50-51,59,61,65H,14,16,19,21-26,28-29,31-33H2,1-9H3,(H,56,57)/b12-10+,17-11+,36-18+,39-30+/t34-,35+,37-,38-,40-,41?,42?,43+,44?,45-,46+,47-,50-,51+,55-/m1/s1. The molecule has 14 heteroatoms. The Kier molecular flexibility index (Phi) is 21.4. The highest BCUT2D eigenvalue weighted by Crippen LogP contribution is 2.38. The molecular formula is C55H83N3O11. The van der Waals surface area contributed by atoms with E-state index in [-0.39, 0.29) is 54.1 Å². The number of ether oxygens (including phenoxy) is 4. The number of allylic oxidation sites excluding steroid dienone is 6. The molecule has 14 nitrogen and oxygen atoms in total. The lowest BCUT2D eigenvalue weighted by Crippen LogP contribution is -2.61. The van der Waals surface area contributed by atoms with Crippen LogP contribution >= 0.6 is 0 Å². The van der Waals surface area contributed by atoms with Gasteiger partial charge in [-0.15, -0.1) is 0 Å². The number of Topliss-reactive ketones (excluding diaryl/α,β-unsaturated/α-hetero) is 2. The fourth-order valence-electron chi connectivity index (χ4n) is 10.9. The zero-order chi connectivity index (χ0) is 50.4. The molecule has 1 amide bonds. The highest BCUT2D eigenvalue weighted by atomic mass is 16.6. The summed E-state index contributed by atoms with van der Waals surface area (Å²) in [6.07, 6.45) is 16.6. The Balaban J connectivity index is 1.47. The first-order chi connectivity index (χ1) is 32.9. The lowest BCUT2D eigenvalue weighted by molar-refractivity contribution is -0.263. The van der Waals surface area contributed by atoms with Crippen molar-refractivity contribution in [3.05, 3.63) is 72.0 Å². The van der Waals surface area contributed by atoms with Crippen molar-refractivity contribution in [1.82, 2.24) is 9.88 Å². The number of cyclic esters (lactones) is 1. The van der Waals surface area contributed by atoms with E-state index in [1.807, 2.05) is 82.4 Å². The zero-order valence-electron chi connectivity index (χ0n) is 42.8. The first kappa shape index (κ1) is 55.9. The minimum atomic E-state index is -2.41. The van der Waals surface area contributed by atoms with Crippen molar-refractivity contribution < 1.29 is 53.4 Å². The minimum absolute atomic E-state index is 0.0510. The van der Waals surface area contributed by atoms with Crippen LogP contribution < -0.4 is 5.32 Å². The topological polar surface area (TPSA) is 194 Å². The first-order valence-electron chi connectivity index (χ1n) is 25.7. The van der Waals surface area contributed by atoms with Crippen LogP contribution in [0.2, 0.25) is 0 Å². The molecule has 3 unspecified atom stereocenters. The molecule has 1 aliphatic carbocycles. The quantitative estimate of drug-likeness (QED) is 0.117. The predicted octanol–water partition coefficient (Wildman–Crippen LogP) is 7.86. The van der Waals surface area contributed by atoms with Crippen LogP contribution in [0.15, 0.2) is 72.0 Å². The molecule has 2 saturated heterocycles. The highest BCUT2D eigenvalue weighted by molar-refractivity contribution is 6.39. The molecule has 1 saturated carbocycles. The Morgan fingerprint density at radius 2 is 1.64 bits per heavy atom. The second kappa shape index (κ2) is 26.4. The van der Waals surface area contributed by atoms with E-state index >= 15 is 0 Å².